The highest BCUT2D eigenvalue weighted by Gasteiger charge is 2.72. The minimum absolute atomic E-state index is 0.00559. The van der Waals surface area contributed by atoms with Crippen molar-refractivity contribution in [3.8, 4) is 5.69 Å². The van der Waals surface area contributed by atoms with Crippen LogP contribution < -0.4 is 10.1 Å². The largest absolute Gasteiger partial charge is 0.337 e. The van der Waals surface area contributed by atoms with E-state index in [1.165, 1.54) is 61.1 Å². The topological polar surface area (TPSA) is 8.17 Å². The Bertz CT molecular complexity index is 3260. The van der Waals surface area contributed by atoms with Crippen molar-refractivity contribution >= 4 is 53.3 Å². The summed E-state index contributed by atoms with van der Waals surface area (Å²) in [7, 11) is -1.60. The summed E-state index contributed by atoms with van der Waals surface area (Å²) in [5.41, 5.74) is 15.1. The predicted molar refractivity (Wildman–Crippen MR) is 300 cm³/mol. The molecule has 1 heterocycles. The number of fused-ring (bicyclic) bond motifs is 10. The number of aromatic nitrogens is 1. The van der Waals surface area contributed by atoms with E-state index in [0.29, 0.717) is 35.5 Å². The summed E-state index contributed by atoms with van der Waals surface area (Å²) in [4.78, 5) is 2.92. The van der Waals surface area contributed by atoms with Gasteiger partial charge in [0.1, 0.15) is 0 Å². The molecule has 5 aromatic carbocycles. The molecule has 3 heteroatoms. The molecule has 0 aliphatic heterocycles. The molecule has 0 saturated heterocycles. The smallest absolute Gasteiger partial charge is 0.0775 e. The maximum absolute atomic E-state index is 2.92. The third-order valence-electron chi connectivity index (χ3n) is 18.5. The Labute approximate surface area is 417 Å². The highest BCUT2D eigenvalue weighted by atomic mass is 28.3. The maximum Gasteiger partial charge on any atom is 0.0775 e. The lowest BCUT2D eigenvalue weighted by Gasteiger charge is -2.58. The molecule has 0 N–H and O–H groups in total. The molecule has 348 valence electrons. The molecule has 2 nitrogen and oxygen atoms in total. The van der Waals surface area contributed by atoms with E-state index < -0.39 is 8.07 Å². The third-order valence-corrected chi connectivity index (χ3v) is 20.6. The summed E-state index contributed by atoms with van der Waals surface area (Å²) in [5, 5.41) is 2.84. The van der Waals surface area contributed by atoms with E-state index in [4.69, 9.17) is 0 Å². The van der Waals surface area contributed by atoms with E-state index in [1.807, 2.05) is 0 Å². The average molecular weight is 927 g/mol. The Balaban J connectivity index is 1.12. The zero-order valence-electron chi connectivity index (χ0n) is 41.4. The van der Waals surface area contributed by atoms with E-state index in [0.717, 1.165) is 38.5 Å². The molecule has 0 bridgehead atoms. The lowest BCUT2D eigenvalue weighted by atomic mass is 9.49. The number of rotatable bonds is 8. The van der Waals surface area contributed by atoms with E-state index in [1.54, 1.807) is 11.1 Å². The number of anilines is 2. The molecule has 0 amide bonds. The Morgan fingerprint density at radius 3 is 2.19 bits per heavy atom. The SMILES string of the molecule is C[C@]12C3C=CC=CC3C(c3ccccc3)(C3C=CC=CC3)C1CC(N(c1ccc([Si](C)(C)C)cc1)c1cccc3c1c1c(n3-c3ccccc3)C=CCC=C1)C1c3cccc(C4=CCCC=C4)c3CC12. The van der Waals surface area contributed by atoms with Crippen molar-refractivity contribution in [3.63, 3.8) is 0 Å². The first kappa shape index (κ1) is 43.6. The molecule has 70 heavy (non-hydrogen) atoms. The van der Waals surface area contributed by atoms with Crippen molar-refractivity contribution < 1.29 is 0 Å². The first-order chi connectivity index (χ1) is 34.3. The lowest BCUT2D eigenvalue weighted by molar-refractivity contribution is -0.00527. The predicted octanol–water partition coefficient (Wildman–Crippen LogP) is 16.3. The Morgan fingerprint density at radius 1 is 0.671 bits per heavy atom. The van der Waals surface area contributed by atoms with Gasteiger partial charge in [0.15, 0.2) is 0 Å². The van der Waals surface area contributed by atoms with Crippen LogP contribution in [0.2, 0.25) is 19.6 Å². The van der Waals surface area contributed by atoms with E-state index >= 15 is 0 Å². The zero-order chi connectivity index (χ0) is 47.2. The molecule has 7 aliphatic carbocycles. The zero-order valence-corrected chi connectivity index (χ0v) is 42.4. The van der Waals surface area contributed by atoms with Gasteiger partial charge in [0, 0.05) is 39.7 Å². The lowest BCUT2D eigenvalue weighted by Crippen LogP contribution is -2.56. The van der Waals surface area contributed by atoms with Gasteiger partial charge in [-0.2, -0.15) is 0 Å². The molecule has 0 radical (unpaired) electrons. The van der Waals surface area contributed by atoms with Gasteiger partial charge in [-0.3, -0.25) is 0 Å². The van der Waals surface area contributed by atoms with Crippen LogP contribution in [0.1, 0.15) is 78.5 Å². The minimum Gasteiger partial charge on any atom is -0.337 e. The third kappa shape index (κ3) is 6.49. The average Bonchev–Trinajstić information content (AvgIpc) is 3.95. The Kier molecular flexibility index (Phi) is 10.5. The number of benzene rings is 5. The molecule has 9 atom stereocenters. The molecule has 6 aromatic rings. The second kappa shape index (κ2) is 16.9. The van der Waals surface area contributed by atoms with Crippen LogP contribution in [0.15, 0.2) is 200 Å². The molecular formula is C67H66N2Si. The summed E-state index contributed by atoms with van der Waals surface area (Å²) in [6.07, 6.45) is 43.1. The van der Waals surface area contributed by atoms with Gasteiger partial charge in [0.25, 0.3) is 0 Å². The fourth-order valence-corrected chi connectivity index (χ4v) is 16.9. The minimum atomic E-state index is -1.60. The Hall–Kier alpha value is -6.42. The van der Waals surface area contributed by atoms with E-state index in [9.17, 15) is 0 Å². The van der Waals surface area contributed by atoms with E-state index in [-0.39, 0.29) is 16.9 Å². The van der Waals surface area contributed by atoms with Crippen molar-refractivity contribution in [2.75, 3.05) is 4.90 Å². The molecule has 2 saturated carbocycles. The fourth-order valence-electron chi connectivity index (χ4n) is 15.7. The van der Waals surface area contributed by atoms with Crippen molar-refractivity contribution in [2.24, 2.45) is 35.0 Å². The summed E-state index contributed by atoms with van der Waals surface area (Å²) >= 11 is 0. The van der Waals surface area contributed by atoms with Crippen LogP contribution in [0.4, 0.5) is 11.4 Å². The van der Waals surface area contributed by atoms with Gasteiger partial charge in [-0.05, 0) is 144 Å². The van der Waals surface area contributed by atoms with Gasteiger partial charge < -0.3 is 9.47 Å². The number of nitrogens with zero attached hydrogens (tertiary/aromatic N) is 2. The first-order valence-electron chi connectivity index (χ1n) is 26.5. The number of allylic oxidation sites excluding steroid dienone is 14. The number of para-hydroxylation sites is 1. The van der Waals surface area contributed by atoms with Crippen molar-refractivity contribution in [1.29, 1.82) is 0 Å². The summed E-state index contributed by atoms with van der Waals surface area (Å²) in [6, 6.07) is 47.8. The van der Waals surface area contributed by atoms with Crippen molar-refractivity contribution in [3.05, 3.63) is 234 Å². The monoisotopic (exact) mass is 926 g/mol. The van der Waals surface area contributed by atoms with Crippen molar-refractivity contribution in [1.82, 2.24) is 4.57 Å². The van der Waals surface area contributed by atoms with Crippen LogP contribution in [-0.2, 0) is 11.8 Å². The first-order valence-corrected chi connectivity index (χ1v) is 30.0. The van der Waals surface area contributed by atoms with Gasteiger partial charge in [-0.25, -0.2) is 0 Å². The summed E-state index contributed by atoms with van der Waals surface area (Å²) in [6.45, 7) is 10.2. The normalized spacial score (nSPS) is 29.0. The van der Waals surface area contributed by atoms with Gasteiger partial charge in [0.2, 0.25) is 0 Å². The Morgan fingerprint density at radius 2 is 1.43 bits per heavy atom. The second-order valence-corrected chi connectivity index (χ2v) is 27.8. The summed E-state index contributed by atoms with van der Waals surface area (Å²) < 4.78 is 2.53. The summed E-state index contributed by atoms with van der Waals surface area (Å²) in [5.74, 6) is 2.22. The quantitative estimate of drug-likeness (QED) is 0.138. The second-order valence-electron chi connectivity index (χ2n) is 22.7. The van der Waals surface area contributed by atoms with Crippen LogP contribution in [0.5, 0.6) is 0 Å². The maximum atomic E-state index is 2.92. The van der Waals surface area contributed by atoms with Crippen LogP contribution in [0, 0.1) is 35.0 Å². The van der Waals surface area contributed by atoms with Gasteiger partial charge in [0.05, 0.1) is 25.0 Å². The van der Waals surface area contributed by atoms with Gasteiger partial charge >= 0.3 is 0 Å². The van der Waals surface area contributed by atoms with Crippen LogP contribution >= 0.6 is 0 Å². The van der Waals surface area contributed by atoms with E-state index in [2.05, 4.69) is 248 Å². The molecular weight excluding hydrogens is 861 g/mol. The molecule has 2 fully saturated rings. The standard InChI is InChI=1S/C67H66N2Si/c1-66-56-35-20-21-36-57(56)67(47-26-12-6-13-27-47,48-28-14-7-15-29-48)63(66)45-62(64-53-34-22-33-52(55(53)44-58(64)66)46-24-10-5-11-25-46)69(50-40-42-51(43-41-50)70(2,3)4)61-39-23-38-60-65(61)54-32-18-9-19-37-59(54)68(60)49-30-16-8-17-31-49/h6-8,10,12-28,30-43,48,56-58,62-64H,5,9,11,29,44-45H2,1-4H3/t48?,56?,57?,58?,62?,63?,64?,66-,67?/m1/s1. The van der Waals surface area contributed by atoms with Crippen LogP contribution in [0.3, 0.4) is 0 Å². The van der Waals surface area contributed by atoms with Crippen LogP contribution in [-0.4, -0.2) is 18.7 Å². The highest BCUT2D eigenvalue weighted by molar-refractivity contribution is 6.88. The van der Waals surface area contributed by atoms with Crippen molar-refractivity contribution in [2.45, 2.75) is 82.5 Å². The highest BCUT2D eigenvalue weighted by Crippen LogP contribution is 2.76. The van der Waals surface area contributed by atoms with Crippen LogP contribution in [0.25, 0.3) is 34.3 Å². The number of hydrogen-bond donors (Lipinski definition) is 0. The molecule has 13 rings (SSSR count). The fraction of sp³-hybridized carbons (Fsp3) is 0.284. The van der Waals surface area contributed by atoms with Gasteiger partial charge in [-0.15, -0.1) is 0 Å². The number of hydrogen-bond acceptors (Lipinski definition) is 1. The molecule has 8 unspecified atom stereocenters. The van der Waals surface area contributed by atoms with Gasteiger partial charge in [-0.1, -0.05) is 202 Å². The molecule has 7 aliphatic rings. The molecule has 0 spiro atoms. The molecule has 1 aromatic heterocycles.